The van der Waals surface area contributed by atoms with Crippen LogP contribution in [0.5, 0.6) is 0 Å². The van der Waals surface area contributed by atoms with Crippen LogP contribution in [-0.2, 0) is 5.41 Å². The molecule has 0 fully saturated rings. The molecule has 6 nitrogen and oxygen atoms in total. The van der Waals surface area contributed by atoms with Gasteiger partial charge >= 0.3 is 0 Å². The number of benzene rings is 5. The molecule has 0 radical (unpaired) electrons. The molecular formula is C47H26N6S. The van der Waals surface area contributed by atoms with Crippen molar-refractivity contribution in [3.05, 3.63) is 186 Å². The second-order valence-corrected chi connectivity index (χ2v) is 15.0. The maximum absolute atomic E-state index is 9.76. The normalized spacial score (nSPS) is 13.6. The van der Waals surface area contributed by atoms with Crippen molar-refractivity contribution in [1.29, 1.82) is 5.26 Å². The first-order valence-electron chi connectivity index (χ1n) is 17.9. The lowest BCUT2D eigenvalue weighted by atomic mass is 9.67. The van der Waals surface area contributed by atoms with Gasteiger partial charge in [0.05, 0.1) is 62.4 Å². The Hall–Kier alpha value is -7.01. The zero-order valence-corrected chi connectivity index (χ0v) is 29.4. The third kappa shape index (κ3) is 3.67. The average molecular weight is 707 g/mol. The number of para-hydroxylation sites is 2. The number of nitrogens with zero attached hydrogens (tertiary/aromatic N) is 6. The first-order valence-corrected chi connectivity index (χ1v) is 18.7. The molecule has 0 unspecified atom stereocenters. The van der Waals surface area contributed by atoms with Crippen LogP contribution >= 0.6 is 11.8 Å². The van der Waals surface area contributed by atoms with Gasteiger partial charge in [0.1, 0.15) is 0 Å². The van der Waals surface area contributed by atoms with E-state index < -0.39 is 5.41 Å². The highest BCUT2D eigenvalue weighted by atomic mass is 32.2. The Morgan fingerprint density at radius 1 is 0.537 bits per heavy atom. The standard InChI is InChI=1S/C47H26N6S/c48-26-28-16-19-39-33(24-28)31-9-2-3-12-37(31)52(39)29-17-18-34-43(25-29)54-42-15-5-14-40(53-38-13-4-1-8-30(38)32-20-23-49-27-41(32)53)44(42)47(34)35-10-6-21-50-45(35)46-36(47)11-7-22-51-46/h1-25,27H. The monoisotopic (exact) mass is 706 g/mol. The molecule has 5 aromatic carbocycles. The van der Waals surface area contributed by atoms with Crippen molar-refractivity contribution in [2.24, 2.45) is 0 Å². The first-order chi connectivity index (χ1) is 26.8. The molecule has 0 bridgehead atoms. The van der Waals surface area contributed by atoms with Gasteiger partial charge in [0.15, 0.2) is 0 Å². The number of fused-ring (bicyclic) bond motifs is 15. The maximum Gasteiger partial charge on any atom is 0.0991 e. The lowest BCUT2D eigenvalue weighted by Gasteiger charge is -2.41. The van der Waals surface area contributed by atoms with Gasteiger partial charge in [-0.2, -0.15) is 5.26 Å². The molecule has 12 rings (SSSR count). The quantitative estimate of drug-likeness (QED) is 0.179. The summed E-state index contributed by atoms with van der Waals surface area (Å²) in [7, 11) is 0. The van der Waals surface area contributed by atoms with Crippen LogP contribution in [0.25, 0.3) is 66.4 Å². The molecule has 0 atom stereocenters. The SMILES string of the molecule is N#Cc1ccc2c(c1)c1ccccc1n2-c1ccc2c(c1)Sc1cccc(-n3c4ccccc4c4ccncc43)c1C21c2cccnc2-c2ncccc21. The third-order valence-corrected chi connectivity index (χ3v) is 12.5. The Kier molecular flexibility index (Phi) is 5.89. The highest BCUT2D eigenvalue weighted by Crippen LogP contribution is 2.63. The molecule has 0 amide bonds. The fraction of sp³-hybridized carbons (Fsp3) is 0.0213. The van der Waals surface area contributed by atoms with Crippen LogP contribution in [0.4, 0.5) is 0 Å². The first kappa shape index (κ1) is 29.6. The summed E-state index contributed by atoms with van der Waals surface area (Å²) in [6.07, 6.45) is 7.63. The summed E-state index contributed by atoms with van der Waals surface area (Å²) in [5.74, 6) is 0. The van der Waals surface area contributed by atoms with E-state index in [1.807, 2.05) is 48.7 Å². The zero-order chi connectivity index (χ0) is 35.5. The van der Waals surface area contributed by atoms with Gasteiger partial charge < -0.3 is 9.13 Å². The van der Waals surface area contributed by atoms with Crippen LogP contribution in [0, 0.1) is 11.3 Å². The summed E-state index contributed by atoms with van der Waals surface area (Å²) in [6.45, 7) is 0. The predicted octanol–water partition coefficient (Wildman–Crippen LogP) is 10.8. The lowest BCUT2D eigenvalue weighted by molar-refractivity contribution is 0.712. The van der Waals surface area contributed by atoms with Crippen molar-refractivity contribution in [1.82, 2.24) is 24.1 Å². The van der Waals surface area contributed by atoms with E-state index >= 15 is 0 Å². The van der Waals surface area contributed by atoms with E-state index in [1.165, 1.54) is 31.7 Å². The minimum Gasteiger partial charge on any atom is -0.309 e. The molecule has 7 heteroatoms. The molecule has 6 heterocycles. The lowest BCUT2D eigenvalue weighted by Crippen LogP contribution is -2.33. The summed E-state index contributed by atoms with van der Waals surface area (Å²) < 4.78 is 4.73. The van der Waals surface area contributed by atoms with E-state index in [1.54, 1.807) is 0 Å². The topological polar surface area (TPSA) is 72.3 Å². The fourth-order valence-electron chi connectivity index (χ4n) is 9.36. The summed E-state index contributed by atoms with van der Waals surface area (Å²) in [5, 5.41) is 14.3. The molecular weight excluding hydrogens is 681 g/mol. The Labute approximate surface area is 313 Å². The van der Waals surface area contributed by atoms with Crippen LogP contribution < -0.4 is 0 Å². The van der Waals surface area contributed by atoms with Crippen molar-refractivity contribution >= 4 is 55.4 Å². The van der Waals surface area contributed by atoms with E-state index in [0.29, 0.717) is 5.56 Å². The molecule has 0 N–H and O–H groups in total. The van der Waals surface area contributed by atoms with E-state index in [9.17, 15) is 5.26 Å². The van der Waals surface area contributed by atoms with Gasteiger partial charge in [0.25, 0.3) is 0 Å². The van der Waals surface area contributed by atoms with E-state index in [4.69, 9.17) is 9.97 Å². The molecule has 10 aromatic rings. The maximum atomic E-state index is 9.76. The Morgan fingerprint density at radius 2 is 1.24 bits per heavy atom. The average Bonchev–Trinajstić information content (AvgIpc) is 3.85. The number of rotatable bonds is 2. The van der Waals surface area contributed by atoms with Gasteiger partial charge in [0, 0.05) is 61.2 Å². The summed E-state index contributed by atoms with van der Waals surface area (Å²) in [6, 6.07) is 49.8. The Morgan fingerprint density at radius 3 is 2.02 bits per heavy atom. The molecule has 0 saturated carbocycles. The van der Waals surface area contributed by atoms with Crippen molar-refractivity contribution in [3.8, 4) is 28.8 Å². The second kappa shape index (κ2) is 10.8. The molecule has 1 aliphatic heterocycles. The number of aromatic nitrogens is 5. The zero-order valence-electron chi connectivity index (χ0n) is 28.6. The van der Waals surface area contributed by atoms with Crippen LogP contribution in [0.1, 0.15) is 27.8 Å². The number of pyridine rings is 3. The van der Waals surface area contributed by atoms with Crippen molar-refractivity contribution in [2.75, 3.05) is 0 Å². The Balaban J connectivity index is 1.20. The molecule has 2 aliphatic rings. The largest absolute Gasteiger partial charge is 0.309 e. The number of hydrogen-bond donors (Lipinski definition) is 0. The van der Waals surface area contributed by atoms with Crippen molar-refractivity contribution < 1.29 is 0 Å². The van der Waals surface area contributed by atoms with Crippen molar-refractivity contribution in [2.45, 2.75) is 15.2 Å². The second-order valence-electron chi connectivity index (χ2n) is 13.9. The summed E-state index contributed by atoms with van der Waals surface area (Å²) in [4.78, 5) is 17.0. The Bertz CT molecular complexity index is 3190. The highest BCUT2D eigenvalue weighted by molar-refractivity contribution is 7.99. The number of hydrogen-bond acceptors (Lipinski definition) is 5. The molecule has 250 valence electrons. The minimum absolute atomic E-state index is 0.653. The smallest absolute Gasteiger partial charge is 0.0991 e. The van der Waals surface area contributed by atoms with Gasteiger partial charge in [-0.1, -0.05) is 72.4 Å². The molecule has 5 aromatic heterocycles. The third-order valence-electron chi connectivity index (χ3n) is 11.4. The predicted molar refractivity (Wildman–Crippen MR) is 215 cm³/mol. The van der Waals surface area contributed by atoms with E-state index in [-0.39, 0.29) is 0 Å². The van der Waals surface area contributed by atoms with E-state index in [0.717, 1.165) is 66.7 Å². The fourth-order valence-corrected chi connectivity index (χ4v) is 10.6. The van der Waals surface area contributed by atoms with Gasteiger partial charge in [-0.3, -0.25) is 15.0 Å². The van der Waals surface area contributed by atoms with Gasteiger partial charge in [-0.15, -0.1) is 0 Å². The molecule has 54 heavy (non-hydrogen) atoms. The molecule has 0 saturated heterocycles. The summed E-state index contributed by atoms with van der Waals surface area (Å²) in [5.41, 5.74) is 13.0. The molecule has 1 aliphatic carbocycles. The van der Waals surface area contributed by atoms with Crippen LogP contribution in [0.3, 0.4) is 0 Å². The number of nitriles is 1. The van der Waals surface area contributed by atoms with Gasteiger partial charge in [-0.05, 0) is 89.5 Å². The highest BCUT2D eigenvalue weighted by Gasteiger charge is 2.53. The molecule has 1 spiro atoms. The van der Waals surface area contributed by atoms with E-state index in [2.05, 4.69) is 142 Å². The van der Waals surface area contributed by atoms with Gasteiger partial charge in [-0.25, -0.2) is 0 Å². The van der Waals surface area contributed by atoms with Crippen LogP contribution in [0.2, 0.25) is 0 Å². The minimum atomic E-state index is -0.708. The summed E-state index contributed by atoms with van der Waals surface area (Å²) >= 11 is 1.82. The van der Waals surface area contributed by atoms with Crippen molar-refractivity contribution in [3.63, 3.8) is 0 Å². The van der Waals surface area contributed by atoms with Gasteiger partial charge in [0.2, 0.25) is 0 Å². The van der Waals surface area contributed by atoms with Crippen LogP contribution in [-0.4, -0.2) is 24.1 Å². The van der Waals surface area contributed by atoms with Crippen LogP contribution in [0.15, 0.2) is 168 Å².